The number of hydrogen-bond acceptors (Lipinski definition) is 4. The summed E-state index contributed by atoms with van der Waals surface area (Å²) in [5, 5.41) is 8.64. The molecule has 0 aromatic rings. The van der Waals surface area contributed by atoms with E-state index in [1.807, 2.05) is 0 Å². The van der Waals surface area contributed by atoms with Crippen molar-refractivity contribution in [2.75, 3.05) is 19.8 Å². The Morgan fingerprint density at radius 3 is 3.00 bits per heavy atom. The first-order valence-corrected chi connectivity index (χ1v) is 5.93. The van der Waals surface area contributed by atoms with E-state index in [1.54, 1.807) is 4.90 Å². The van der Waals surface area contributed by atoms with Gasteiger partial charge in [0, 0.05) is 13.0 Å². The van der Waals surface area contributed by atoms with Crippen molar-refractivity contribution >= 4 is 12.1 Å². The largest absolute Gasteiger partial charge is 0.481 e. The highest BCUT2D eigenvalue weighted by molar-refractivity contribution is 5.71. The molecule has 2 aliphatic heterocycles. The molecule has 2 unspecified atom stereocenters. The smallest absolute Gasteiger partial charge is 0.410 e. The third kappa shape index (κ3) is 3.09. The highest BCUT2D eigenvalue weighted by Gasteiger charge is 2.35. The van der Waals surface area contributed by atoms with Crippen molar-refractivity contribution in [1.82, 2.24) is 4.90 Å². The van der Waals surface area contributed by atoms with Gasteiger partial charge in [0.2, 0.25) is 0 Å². The highest BCUT2D eigenvalue weighted by Crippen LogP contribution is 2.21. The Morgan fingerprint density at radius 1 is 1.53 bits per heavy atom. The number of cyclic esters (lactones) is 1. The van der Waals surface area contributed by atoms with Crippen molar-refractivity contribution in [2.24, 2.45) is 0 Å². The molecule has 0 aromatic carbocycles. The molecule has 17 heavy (non-hydrogen) atoms. The fourth-order valence-electron chi connectivity index (χ4n) is 2.25. The monoisotopic (exact) mass is 243 g/mol. The molecule has 0 saturated carbocycles. The van der Waals surface area contributed by atoms with E-state index in [0.717, 1.165) is 19.4 Å². The van der Waals surface area contributed by atoms with Crippen LogP contribution in [0.25, 0.3) is 0 Å². The predicted molar refractivity (Wildman–Crippen MR) is 57.7 cm³/mol. The molecular weight excluding hydrogens is 226 g/mol. The van der Waals surface area contributed by atoms with Gasteiger partial charge in [-0.3, -0.25) is 9.69 Å². The number of rotatable bonds is 5. The Kier molecular flexibility index (Phi) is 3.83. The fraction of sp³-hybridized carbons (Fsp3) is 0.818. The highest BCUT2D eigenvalue weighted by atomic mass is 16.6. The van der Waals surface area contributed by atoms with E-state index in [-0.39, 0.29) is 24.7 Å². The SMILES string of the molecule is O=C(O)CCC1COC(=O)N1CC1CCCO1. The van der Waals surface area contributed by atoms with Crippen molar-refractivity contribution < 1.29 is 24.2 Å². The number of hydrogen-bond donors (Lipinski definition) is 1. The first-order valence-electron chi connectivity index (χ1n) is 5.93. The summed E-state index contributed by atoms with van der Waals surface area (Å²) >= 11 is 0. The Bertz CT molecular complexity index is 300. The van der Waals surface area contributed by atoms with Gasteiger partial charge in [0.15, 0.2) is 0 Å². The molecule has 2 fully saturated rings. The number of carbonyl (C=O) groups is 2. The van der Waals surface area contributed by atoms with Crippen LogP contribution in [0, 0.1) is 0 Å². The van der Waals surface area contributed by atoms with Crippen LogP contribution in [0.5, 0.6) is 0 Å². The Morgan fingerprint density at radius 2 is 2.35 bits per heavy atom. The van der Waals surface area contributed by atoms with Crippen LogP contribution in [-0.2, 0) is 14.3 Å². The van der Waals surface area contributed by atoms with Crippen LogP contribution < -0.4 is 0 Å². The van der Waals surface area contributed by atoms with Gasteiger partial charge in [-0.25, -0.2) is 4.79 Å². The predicted octanol–water partition coefficient (Wildman–Crippen LogP) is 0.851. The summed E-state index contributed by atoms with van der Waals surface area (Å²) in [5.41, 5.74) is 0. The lowest BCUT2D eigenvalue weighted by Crippen LogP contribution is -2.39. The van der Waals surface area contributed by atoms with Gasteiger partial charge in [-0.2, -0.15) is 0 Å². The molecule has 0 bridgehead atoms. The lowest BCUT2D eigenvalue weighted by molar-refractivity contribution is -0.137. The number of aliphatic carboxylic acids is 1. The first kappa shape index (κ1) is 12.2. The Labute approximate surface area is 99.5 Å². The van der Waals surface area contributed by atoms with E-state index in [2.05, 4.69) is 0 Å². The third-order valence-corrected chi connectivity index (χ3v) is 3.19. The van der Waals surface area contributed by atoms with Gasteiger partial charge >= 0.3 is 12.1 Å². The van der Waals surface area contributed by atoms with Crippen LogP contribution in [0.3, 0.4) is 0 Å². The van der Waals surface area contributed by atoms with E-state index in [0.29, 0.717) is 19.6 Å². The molecule has 2 heterocycles. The summed E-state index contributed by atoms with van der Waals surface area (Å²) in [7, 11) is 0. The van der Waals surface area contributed by atoms with Crippen molar-refractivity contribution in [3.63, 3.8) is 0 Å². The normalized spacial score (nSPS) is 28.5. The lowest BCUT2D eigenvalue weighted by atomic mass is 10.1. The summed E-state index contributed by atoms with van der Waals surface area (Å²) in [4.78, 5) is 23.6. The molecular formula is C11H17NO5. The number of ether oxygens (including phenoxy) is 2. The number of carboxylic acids is 1. The van der Waals surface area contributed by atoms with E-state index in [9.17, 15) is 9.59 Å². The average Bonchev–Trinajstić information content (AvgIpc) is 2.89. The molecule has 0 aromatic heterocycles. The lowest BCUT2D eigenvalue weighted by Gasteiger charge is -2.23. The summed E-state index contributed by atoms with van der Waals surface area (Å²) in [6.45, 7) is 1.55. The minimum absolute atomic E-state index is 0.0589. The van der Waals surface area contributed by atoms with E-state index in [4.69, 9.17) is 14.6 Å². The molecule has 0 radical (unpaired) electrons. The van der Waals surface area contributed by atoms with E-state index < -0.39 is 5.97 Å². The molecule has 2 rings (SSSR count). The quantitative estimate of drug-likeness (QED) is 0.774. The minimum atomic E-state index is -0.846. The molecule has 0 aliphatic carbocycles. The molecule has 2 aliphatic rings. The molecule has 96 valence electrons. The van der Waals surface area contributed by atoms with Crippen LogP contribution in [0.1, 0.15) is 25.7 Å². The minimum Gasteiger partial charge on any atom is -0.481 e. The van der Waals surface area contributed by atoms with Gasteiger partial charge in [0.1, 0.15) is 6.61 Å². The molecule has 6 nitrogen and oxygen atoms in total. The average molecular weight is 243 g/mol. The maximum atomic E-state index is 11.5. The molecule has 1 N–H and O–H groups in total. The molecule has 2 atom stereocenters. The van der Waals surface area contributed by atoms with Crippen LogP contribution in [0.15, 0.2) is 0 Å². The zero-order chi connectivity index (χ0) is 12.3. The Hall–Kier alpha value is -1.30. The third-order valence-electron chi connectivity index (χ3n) is 3.19. The van der Waals surface area contributed by atoms with Gasteiger partial charge in [-0.15, -0.1) is 0 Å². The van der Waals surface area contributed by atoms with E-state index >= 15 is 0 Å². The van der Waals surface area contributed by atoms with Crippen LogP contribution in [0.4, 0.5) is 4.79 Å². The standard InChI is InChI=1S/C11H17NO5/c13-10(14)4-3-8-7-17-11(15)12(8)6-9-2-1-5-16-9/h8-9H,1-7H2,(H,13,14). The van der Waals surface area contributed by atoms with Gasteiger partial charge in [0.25, 0.3) is 0 Å². The second kappa shape index (κ2) is 5.35. The van der Waals surface area contributed by atoms with Gasteiger partial charge in [-0.1, -0.05) is 0 Å². The van der Waals surface area contributed by atoms with Gasteiger partial charge in [0.05, 0.1) is 18.7 Å². The molecule has 1 amide bonds. The summed E-state index contributed by atoms with van der Waals surface area (Å²) in [6, 6.07) is -0.122. The van der Waals surface area contributed by atoms with Crippen molar-refractivity contribution in [2.45, 2.75) is 37.8 Å². The van der Waals surface area contributed by atoms with Crippen LogP contribution >= 0.6 is 0 Å². The Balaban J connectivity index is 1.86. The summed E-state index contributed by atoms with van der Waals surface area (Å²) < 4.78 is 10.4. The number of carbonyl (C=O) groups excluding carboxylic acids is 1. The maximum absolute atomic E-state index is 11.5. The number of nitrogens with zero attached hydrogens (tertiary/aromatic N) is 1. The second-order valence-electron chi connectivity index (χ2n) is 4.45. The molecule has 0 spiro atoms. The summed E-state index contributed by atoms with van der Waals surface area (Å²) in [5.74, 6) is -0.846. The molecule has 6 heteroatoms. The topological polar surface area (TPSA) is 76.1 Å². The van der Waals surface area contributed by atoms with Gasteiger partial charge in [-0.05, 0) is 19.3 Å². The zero-order valence-corrected chi connectivity index (χ0v) is 9.63. The van der Waals surface area contributed by atoms with E-state index in [1.165, 1.54) is 0 Å². The van der Waals surface area contributed by atoms with Crippen LogP contribution in [0.2, 0.25) is 0 Å². The number of amides is 1. The number of carboxylic acid groups (broad SMARTS) is 1. The fourth-order valence-corrected chi connectivity index (χ4v) is 2.25. The summed E-state index contributed by atoms with van der Waals surface area (Å²) in [6.07, 6.45) is 2.20. The maximum Gasteiger partial charge on any atom is 0.410 e. The first-order chi connectivity index (χ1) is 8.16. The van der Waals surface area contributed by atoms with Crippen molar-refractivity contribution in [3.8, 4) is 0 Å². The van der Waals surface area contributed by atoms with Crippen molar-refractivity contribution in [3.05, 3.63) is 0 Å². The second-order valence-corrected chi connectivity index (χ2v) is 4.45. The molecule has 2 saturated heterocycles. The van der Waals surface area contributed by atoms with Gasteiger partial charge < -0.3 is 14.6 Å². The van der Waals surface area contributed by atoms with Crippen molar-refractivity contribution in [1.29, 1.82) is 0 Å². The van der Waals surface area contributed by atoms with Crippen LogP contribution in [-0.4, -0.2) is 54.0 Å². The zero-order valence-electron chi connectivity index (χ0n) is 9.63.